The van der Waals surface area contributed by atoms with Gasteiger partial charge in [-0.15, -0.1) is 0 Å². The van der Waals surface area contributed by atoms with Crippen molar-refractivity contribution < 1.29 is 4.39 Å². The molecule has 0 spiro atoms. The first-order valence-corrected chi connectivity index (χ1v) is 6.83. The number of halogens is 1. The van der Waals surface area contributed by atoms with E-state index in [1.54, 1.807) is 10.7 Å². The number of nitrogens with zero attached hydrogens (tertiary/aromatic N) is 3. The highest BCUT2D eigenvalue weighted by molar-refractivity contribution is 7.22. The Morgan fingerprint density at radius 2 is 2.26 bits per heavy atom. The molecule has 19 heavy (non-hydrogen) atoms. The van der Waals surface area contributed by atoms with Crippen molar-refractivity contribution in [3.8, 4) is 0 Å². The predicted molar refractivity (Wildman–Crippen MR) is 75.4 cm³/mol. The second-order valence-electron chi connectivity index (χ2n) is 4.27. The van der Waals surface area contributed by atoms with E-state index in [0.29, 0.717) is 5.52 Å². The van der Waals surface area contributed by atoms with E-state index in [-0.39, 0.29) is 5.82 Å². The van der Waals surface area contributed by atoms with E-state index in [0.717, 1.165) is 27.6 Å². The van der Waals surface area contributed by atoms with Crippen molar-refractivity contribution in [3.63, 3.8) is 0 Å². The van der Waals surface area contributed by atoms with Gasteiger partial charge in [0.2, 0.25) is 0 Å². The minimum Gasteiger partial charge on any atom is -0.329 e. The predicted octanol–water partition coefficient (Wildman–Crippen LogP) is 3.47. The lowest BCUT2D eigenvalue weighted by Crippen LogP contribution is -1.92. The second-order valence-corrected chi connectivity index (χ2v) is 5.30. The smallest absolute Gasteiger partial charge is 0.188 e. The van der Waals surface area contributed by atoms with Crippen LogP contribution < -0.4 is 5.32 Å². The summed E-state index contributed by atoms with van der Waals surface area (Å²) >= 11 is 1.50. The van der Waals surface area contributed by atoms with Crippen LogP contribution in [0.25, 0.3) is 10.2 Å². The Bertz CT molecular complexity index is 731. The van der Waals surface area contributed by atoms with Gasteiger partial charge in [-0.1, -0.05) is 18.3 Å². The van der Waals surface area contributed by atoms with E-state index in [9.17, 15) is 4.39 Å². The van der Waals surface area contributed by atoms with E-state index >= 15 is 0 Å². The zero-order valence-electron chi connectivity index (χ0n) is 10.6. The van der Waals surface area contributed by atoms with Crippen LogP contribution in [0.5, 0.6) is 0 Å². The molecule has 3 rings (SSSR count). The molecule has 0 amide bonds. The Balaban J connectivity index is 1.96. The van der Waals surface area contributed by atoms with Crippen LogP contribution in [0.1, 0.15) is 12.6 Å². The molecule has 0 aliphatic rings. The van der Waals surface area contributed by atoms with E-state index in [1.807, 2.05) is 13.2 Å². The Morgan fingerprint density at radius 3 is 3.05 bits per heavy atom. The molecule has 1 N–H and O–H groups in total. The van der Waals surface area contributed by atoms with Gasteiger partial charge in [0.15, 0.2) is 5.13 Å². The SMILES string of the molecule is CCc1nn(C)cc1Nc1nc2cc(F)ccc2s1. The third kappa shape index (κ3) is 2.31. The molecular weight excluding hydrogens is 263 g/mol. The van der Waals surface area contributed by atoms with Crippen molar-refractivity contribution >= 4 is 32.4 Å². The fraction of sp³-hybridized carbons (Fsp3) is 0.231. The first-order valence-electron chi connectivity index (χ1n) is 6.01. The maximum Gasteiger partial charge on any atom is 0.188 e. The molecule has 0 aliphatic heterocycles. The van der Waals surface area contributed by atoms with Gasteiger partial charge in [0.1, 0.15) is 5.82 Å². The lowest BCUT2D eigenvalue weighted by atomic mass is 10.3. The molecule has 1 aromatic carbocycles. The maximum atomic E-state index is 13.1. The Labute approximate surface area is 113 Å². The quantitative estimate of drug-likeness (QED) is 0.796. The second kappa shape index (κ2) is 4.62. The van der Waals surface area contributed by atoms with E-state index in [4.69, 9.17) is 0 Å². The van der Waals surface area contributed by atoms with Gasteiger partial charge >= 0.3 is 0 Å². The molecule has 6 heteroatoms. The summed E-state index contributed by atoms with van der Waals surface area (Å²) in [5, 5.41) is 8.37. The molecule has 0 radical (unpaired) electrons. The third-order valence-electron chi connectivity index (χ3n) is 2.83. The molecule has 0 bridgehead atoms. The molecule has 0 fully saturated rings. The highest BCUT2D eigenvalue weighted by atomic mass is 32.1. The van der Waals surface area contributed by atoms with Crippen molar-refractivity contribution in [1.82, 2.24) is 14.8 Å². The Kier molecular flexibility index (Phi) is 2.94. The van der Waals surface area contributed by atoms with Crippen molar-refractivity contribution in [1.29, 1.82) is 0 Å². The van der Waals surface area contributed by atoms with Gasteiger partial charge in [-0.3, -0.25) is 4.68 Å². The number of rotatable bonds is 3. The largest absolute Gasteiger partial charge is 0.329 e. The minimum absolute atomic E-state index is 0.264. The highest BCUT2D eigenvalue weighted by Crippen LogP contribution is 2.29. The summed E-state index contributed by atoms with van der Waals surface area (Å²) in [7, 11) is 1.89. The average molecular weight is 276 g/mol. The summed E-state index contributed by atoms with van der Waals surface area (Å²) in [6, 6.07) is 4.64. The number of hydrogen-bond donors (Lipinski definition) is 1. The van der Waals surface area contributed by atoms with Crippen LogP contribution in [0, 0.1) is 5.82 Å². The molecule has 98 valence electrons. The Hall–Kier alpha value is -1.95. The van der Waals surface area contributed by atoms with Crippen molar-refractivity contribution in [2.24, 2.45) is 7.05 Å². The van der Waals surface area contributed by atoms with Gasteiger partial charge in [0.05, 0.1) is 21.6 Å². The van der Waals surface area contributed by atoms with E-state index in [1.165, 1.54) is 23.5 Å². The fourth-order valence-electron chi connectivity index (χ4n) is 1.97. The fourth-order valence-corrected chi connectivity index (χ4v) is 2.83. The van der Waals surface area contributed by atoms with Crippen molar-refractivity contribution in [3.05, 3.63) is 35.9 Å². The van der Waals surface area contributed by atoms with Gasteiger partial charge in [-0.05, 0) is 18.6 Å². The van der Waals surface area contributed by atoms with Crippen LogP contribution in [0.15, 0.2) is 24.4 Å². The summed E-state index contributed by atoms with van der Waals surface area (Å²) < 4.78 is 15.9. The number of benzene rings is 1. The topological polar surface area (TPSA) is 42.7 Å². The first-order chi connectivity index (χ1) is 9.15. The summed E-state index contributed by atoms with van der Waals surface area (Å²) in [5.74, 6) is -0.264. The summed E-state index contributed by atoms with van der Waals surface area (Å²) in [6.45, 7) is 2.06. The van der Waals surface area contributed by atoms with Crippen LogP contribution in [-0.4, -0.2) is 14.8 Å². The number of nitrogens with one attached hydrogen (secondary N) is 1. The number of hydrogen-bond acceptors (Lipinski definition) is 4. The number of anilines is 2. The molecular formula is C13H13FN4S. The van der Waals surface area contributed by atoms with Crippen LogP contribution in [0.4, 0.5) is 15.2 Å². The van der Waals surface area contributed by atoms with Gasteiger partial charge in [0.25, 0.3) is 0 Å². The minimum atomic E-state index is -0.264. The molecule has 2 aromatic heterocycles. The van der Waals surface area contributed by atoms with Gasteiger partial charge < -0.3 is 5.32 Å². The molecule has 0 saturated carbocycles. The van der Waals surface area contributed by atoms with Crippen LogP contribution >= 0.6 is 11.3 Å². The first kappa shape index (κ1) is 12.1. The maximum absolute atomic E-state index is 13.1. The summed E-state index contributed by atoms with van der Waals surface area (Å²) in [6.07, 6.45) is 2.77. The molecule has 0 saturated heterocycles. The van der Waals surface area contributed by atoms with Crippen LogP contribution in [0.3, 0.4) is 0 Å². The third-order valence-corrected chi connectivity index (χ3v) is 3.78. The van der Waals surface area contributed by atoms with Gasteiger partial charge in [-0.25, -0.2) is 9.37 Å². The standard InChI is InChI=1S/C13H13FN4S/c1-3-9-11(7-18(2)17-9)16-13-15-10-6-8(14)4-5-12(10)19-13/h4-7H,3H2,1-2H3,(H,15,16). The normalized spacial score (nSPS) is 11.1. The summed E-state index contributed by atoms with van der Waals surface area (Å²) in [4.78, 5) is 4.38. The molecule has 3 aromatic rings. The van der Waals surface area contributed by atoms with E-state index in [2.05, 4.69) is 22.3 Å². The monoisotopic (exact) mass is 276 g/mol. The summed E-state index contributed by atoms with van der Waals surface area (Å²) in [5.41, 5.74) is 2.62. The lowest BCUT2D eigenvalue weighted by Gasteiger charge is -1.99. The van der Waals surface area contributed by atoms with Crippen LogP contribution in [-0.2, 0) is 13.5 Å². The van der Waals surface area contributed by atoms with Gasteiger partial charge in [-0.2, -0.15) is 5.10 Å². The van der Waals surface area contributed by atoms with Crippen LogP contribution in [0.2, 0.25) is 0 Å². The number of thiazole rings is 1. The Morgan fingerprint density at radius 1 is 1.42 bits per heavy atom. The zero-order chi connectivity index (χ0) is 13.4. The highest BCUT2D eigenvalue weighted by Gasteiger charge is 2.09. The number of fused-ring (bicyclic) bond motifs is 1. The molecule has 0 unspecified atom stereocenters. The number of aromatic nitrogens is 3. The number of aryl methyl sites for hydroxylation is 2. The lowest BCUT2D eigenvalue weighted by molar-refractivity contribution is 0.629. The van der Waals surface area contributed by atoms with Crippen molar-refractivity contribution in [2.75, 3.05) is 5.32 Å². The molecule has 0 aliphatic carbocycles. The van der Waals surface area contributed by atoms with E-state index < -0.39 is 0 Å². The molecule has 0 atom stereocenters. The zero-order valence-corrected chi connectivity index (χ0v) is 11.5. The molecule has 4 nitrogen and oxygen atoms in total. The van der Waals surface area contributed by atoms with Gasteiger partial charge in [0, 0.05) is 19.3 Å². The average Bonchev–Trinajstić information content (AvgIpc) is 2.92. The molecule has 2 heterocycles. The van der Waals surface area contributed by atoms with Crippen molar-refractivity contribution in [2.45, 2.75) is 13.3 Å².